The third-order valence-electron chi connectivity index (χ3n) is 4.17. The van der Waals surface area contributed by atoms with Gasteiger partial charge in [-0.15, -0.1) is 0 Å². The summed E-state index contributed by atoms with van der Waals surface area (Å²) >= 11 is 0. The largest absolute Gasteiger partial charge is 0.479 e. The quantitative estimate of drug-likeness (QED) is 0.786. The van der Waals surface area contributed by atoms with Crippen LogP contribution in [0, 0.1) is 12.7 Å². The number of amides is 1. The number of nitrogens with one attached hydrogen (secondary N) is 1. The molecule has 2 aromatic rings. The number of hydrogen-bond acceptors (Lipinski definition) is 4. The minimum atomic E-state index is -3.53. The van der Waals surface area contributed by atoms with E-state index in [1.54, 1.807) is 6.92 Å². The van der Waals surface area contributed by atoms with E-state index in [1.165, 1.54) is 37.3 Å². The topological polar surface area (TPSA) is 101 Å². The fraction of sp³-hybridized carbons (Fsp3) is 0.263. The Hall–Kier alpha value is -2.74. The normalized spacial score (nSPS) is 12.4. The lowest BCUT2D eigenvalue weighted by Gasteiger charge is -2.17. The first-order chi connectivity index (χ1) is 12.5. The fourth-order valence-corrected chi connectivity index (χ4v) is 3.30. The van der Waals surface area contributed by atoms with Crippen molar-refractivity contribution in [1.29, 1.82) is 0 Å². The summed E-state index contributed by atoms with van der Waals surface area (Å²) in [7, 11) is -3.53. The van der Waals surface area contributed by atoms with Gasteiger partial charge in [0.1, 0.15) is 5.82 Å². The van der Waals surface area contributed by atoms with Gasteiger partial charge in [-0.1, -0.05) is 25.1 Å². The van der Waals surface area contributed by atoms with Crippen LogP contribution < -0.4 is 5.32 Å². The van der Waals surface area contributed by atoms with Crippen LogP contribution in [0.25, 0.3) is 0 Å². The molecule has 2 aromatic carbocycles. The number of carbonyl (C=O) groups excluding carboxylic acids is 1. The molecular weight excluding hydrogens is 373 g/mol. The van der Waals surface area contributed by atoms with Gasteiger partial charge >= 0.3 is 5.97 Å². The molecule has 2 rings (SSSR count). The second-order valence-corrected chi connectivity index (χ2v) is 8.21. The van der Waals surface area contributed by atoms with E-state index in [4.69, 9.17) is 0 Å². The number of sulfone groups is 1. The number of halogens is 1. The molecule has 0 bridgehead atoms. The lowest BCUT2D eigenvalue weighted by atomic mass is 10.0. The number of benzene rings is 2. The summed E-state index contributed by atoms with van der Waals surface area (Å²) < 4.78 is 37.0. The van der Waals surface area contributed by atoms with Crippen LogP contribution in [0.4, 0.5) is 4.39 Å². The van der Waals surface area contributed by atoms with Gasteiger partial charge in [0.2, 0.25) is 0 Å². The zero-order valence-corrected chi connectivity index (χ0v) is 15.9. The van der Waals surface area contributed by atoms with Crippen LogP contribution in [-0.2, 0) is 21.1 Å². The Labute approximate surface area is 157 Å². The van der Waals surface area contributed by atoms with Crippen LogP contribution in [0.5, 0.6) is 0 Å². The molecule has 1 unspecified atom stereocenters. The van der Waals surface area contributed by atoms with Gasteiger partial charge in [-0.2, -0.15) is 0 Å². The predicted octanol–water partition coefficient (Wildman–Crippen LogP) is 2.66. The van der Waals surface area contributed by atoms with Crippen molar-refractivity contribution in [2.24, 2.45) is 0 Å². The maximum absolute atomic E-state index is 13.5. The second-order valence-electron chi connectivity index (χ2n) is 6.20. The minimum absolute atomic E-state index is 0.0330. The highest BCUT2D eigenvalue weighted by Crippen LogP contribution is 2.21. The van der Waals surface area contributed by atoms with Gasteiger partial charge < -0.3 is 10.4 Å². The smallest absolute Gasteiger partial charge is 0.330 e. The lowest BCUT2D eigenvalue weighted by Crippen LogP contribution is -2.34. The molecule has 27 heavy (non-hydrogen) atoms. The van der Waals surface area contributed by atoms with Crippen LogP contribution in [0.2, 0.25) is 0 Å². The van der Waals surface area contributed by atoms with Crippen molar-refractivity contribution in [3.8, 4) is 0 Å². The monoisotopic (exact) mass is 393 g/mol. The third-order valence-corrected chi connectivity index (χ3v) is 5.28. The summed E-state index contributed by atoms with van der Waals surface area (Å²) in [4.78, 5) is 24.3. The summed E-state index contributed by atoms with van der Waals surface area (Å²) in [6.07, 6.45) is 1.48. The first-order valence-corrected chi connectivity index (χ1v) is 10.1. The van der Waals surface area contributed by atoms with E-state index in [0.717, 1.165) is 12.3 Å². The molecule has 0 aliphatic heterocycles. The second kappa shape index (κ2) is 7.87. The molecule has 8 heteroatoms. The number of hydrogen-bond donors (Lipinski definition) is 2. The molecule has 1 atom stereocenters. The molecule has 144 valence electrons. The summed E-state index contributed by atoms with van der Waals surface area (Å²) in [6.45, 7) is 3.29. The molecule has 0 aromatic heterocycles. The molecule has 1 amide bonds. The molecule has 0 aliphatic rings. The molecule has 0 radical (unpaired) electrons. The molecule has 0 heterocycles. The van der Waals surface area contributed by atoms with Crippen molar-refractivity contribution in [2.75, 3.05) is 6.26 Å². The van der Waals surface area contributed by atoms with E-state index < -0.39 is 33.6 Å². The van der Waals surface area contributed by atoms with Gasteiger partial charge in [-0.05, 0) is 48.2 Å². The molecule has 0 saturated heterocycles. The molecule has 0 fully saturated rings. The van der Waals surface area contributed by atoms with E-state index >= 15 is 0 Å². The van der Waals surface area contributed by atoms with E-state index in [2.05, 4.69) is 5.32 Å². The van der Waals surface area contributed by atoms with Gasteiger partial charge in [0, 0.05) is 11.8 Å². The number of carbonyl (C=O) groups is 2. The van der Waals surface area contributed by atoms with Gasteiger partial charge in [0.05, 0.1) is 4.90 Å². The maximum atomic E-state index is 13.5. The van der Waals surface area contributed by atoms with Crippen LogP contribution in [0.15, 0.2) is 41.3 Å². The summed E-state index contributed by atoms with van der Waals surface area (Å²) in [5, 5.41) is 11.9. The Morgan fingerprint density at radius 3 is 2.37 bits per heavy atom. The fourth-order valence-electron chi connectivity index (χ4n) is 2.65. The van der Waals surface area contributed by atoms with Gasteiger partial charge in [-0.3, -0.25) is 4.79 Å². The standard InChI is InChI=1S/C19H20FNO5S/c1-4-12-5-7-14(27(3,25)26)10-15(12)18(22)21-17(19(23)24)13-6-8-16(20)11(2)9-13/h5-10,17H,4H2,1-3H3,(H,21,22)(H,23,24). The van der Waals surface area contributed by atoms with Crippen LogP contribution in [-0.4, -0.2) is 31.7 Å². The Kier molecular flexibility index (Phi) is 6.00. The summed E-state index contributed by atoms with van der Waals surface area (Å²) in [5.41, 5.74) is 1.14. The average molecular weight is 393 g/mol. The first kappa shape index (κ1) is 20.6. The van der Waals surface area contributed by atoms with Crippen molar-refractivity contribution in [2.45, 2.75) is 31.2 Å². The molecule has 6 nitrogen and oxygen atoms in total. The molecule has 0 spiro atoms. The third kappa shape index (κ3) is 4.71. The Morgan fingerprint density at radius 2 is 1.85 bits per heavy atom. The van der Waals surface area contributed by atoms with Crippen molar-refractivity contribution in [3.63, 3.8) is 0 Å². The van der Waals surface area contributed by atoms with Crippen molar-refractivity contribution < 1.29 is 27.5 Å². The number of aryl methyl sites for hydroxylation is 2. The molecule has 2 N–H and O–H groups in total. The van der Waals surface area contributed by atoms with E-state index in [0.29, 0.717) is 12.0 Å². The zero-order valence-electron chi connectivity index (χ0n) is 15.1. The summed E-state index contributed by atoms with van der Waals surface area (Å²) in [6, 6.07) is 6.54. The lowest BCUT2D eigenvalue weighted by molar-refractivity contribution is -0.139. The van der Waals surface area contributed by atoms with Gasteiger partial charge in [0.15, 0.2) is 15.9 Å². The van der Waals surface area contributed by atoms with E-state index in [-0.39, 0.29) is 21.6 Å². The predicted molar refractivity (Wildman–Crippen MR) is 97.9 cm³/mol. The Morgan fingerprint density at radius 1 is 1.19 bits per heavy atom. The van der Waals surface area contributed by atoms with Gasteiger partial charge in [0.25, 0.3) is 5.91 Å². The number of rotatable bonds is 6. The molecular formula is C19H20FNO5S. The van der Waals surface area contributed by atoms with Crippen LogP contribution >= 0.6 is 0 Å². The van der Waals surface area contributed by atoms with Crippen molar-refractivity contribution >= 4 is 21.7 Å². The maximum Gasteiger partial charge on any atom is 0.330 e. The number of aliphatic carboxylic acids is 1. The molecule has 0 saturated carbocycles. The number of carboxylic acids is 1. The van der Waals surface area contributed by atoms with Crippen molar-refractivity contribution in [1.82, 2.24) is 5.32 Å². The highest BCUT2D eigenvalue weighted by Gasteiger charge is 2.25. The first-order valence-electron chi connectivity index (χ1n) is 8.17. The van der Waals surface area contributed by atoms with Crippen LogP contribution in [0.1, 0.15) is 40.0 Å². The Bertz CT molecular complexity index is 1000. The SMILES string of the molecule is CCc1ccc(S(C)(=O)=O)cc1C(=O)NC(C(=O)O)c1ccc(F)c(C)c1. The van der Waals surface area contributed by atoms with Crippen molar-refractivity contribution in [3.05, 3.63) is 64.5 Å². The van der Waals surface area contributed by atoms with E-state index in [1.807, 2.05) is 0 Å². The zero-order chi connectivity index (χ0) is 20.4. The highest BCUT2D eigenvalue weighted by atomic mass is 32.2. The van der Waals surface area contributed by atoms with E-state index in [9.17, 15) is 27.5 Å². The molecule has 0 aliphatic carbocycles. The summed E-state index contributed by atoms with van der Waals surface area (Å²) in [5.74, 6) is -2.51. The highest BCUT2D eigenvalue weighted by molar-refractivity contribution is 7.90. The van der Waals surface area contributed by atoms with Gasteiger partial charge in [-0.25, -0.2) is 17.6 Å². The van der Waals surface area contributed by atoms with Crippen LogP contribution in [0.3, 0.4) is 0 Å². The minimum Gasteiger partial charge on any atom is -0.479 e. The average Bonchev–Trinajstić information content (AvgIpc) is 2.60. The Balaban J connectivity index is 2.43. The number of carboxylic acid groups (broad SMARTS) is 1.